The lowest BCUT2D eigenvalue weighted by atomic mass is 10.1. The van der Waals surface area contributed by atoms with E-state index in [4.69, 9.17) is 4.74 Å². The molecule has 2 aromatic rings. The minimum atomic E-state index is -0.527. The number of aliphatic hydroxyl groups is 1. The van der Waals surface area contributed by atoms with Gasteiger partial charge in [-0.25, -0.2) is 9.78 Å². The molecule has 2 unspecified atom stereocenters. The van der Waals surface area contributed by atoms with Crippen molar-refractivity contribution in [3.8, 4) is 0 Å². The number of ether oxygens (including phenoxy) is 1. The smallest absolute Gasteiger partial charge is 0.416 e. The number of carbonyl (C=O) groups excluding carboxylic acids is 2. The Morgan fingerprint density at radius 1 is 1.23 bits per heavy atom. The molecule has 10 nitrogen and oxygen atoms in total. The Labute approximate surface area is 205 Å². The van der Waals surface area contributed by atoms with E-state index in [-0.39, 0.29) is 25.2 Å². The molecule has 35 heavy (non-hydrogen) atoms. The Kier molecular flexibility index (Phi) is 7.62. The largest absolute Gasteiger partial charge is 0.444 e. The summed E-state index contributed by atoms with van der Waals surface area (Å²) in [6.07, 6.45) is 2.49. The Morgan fingerprint density at radius 2 is 1.94 bits per heavy atom. The number of rotatable bonds is 8. The normalized spacial score (nSPS) is 17.9. The molecule has 10 heteroatoms. The summed E-state index contributed by atoms with van der Waals surface area (Å²) in [5.41, 5.74) is 2.99. The number of anilines is 2. The Morgan fingerprint density at radius 3 is 2.60 bits per heavy atom. The lowest BCUT2D eigenvalue weighted by Crippen LogP contribution is -2.47. The van der Waals surface area contributed by atoms with Gasteiger partial charge in [0.15, 0.2) is 5.82 Å². The maximum absolute atomic E-state index is 12.2. The van der Waals surface area contributed by atoms with Gasteiger partial charge in [-0.2, -0.15) is 4.98 Å². The second-order valence-electron chi connectivity index (χ2n) is 8.91. The number of nitrogens with one attached hydrogen (secondary N) is 1. The number of carbonyl (C=O) groups is 2. The molecule has 0 bridgehead atoms. The molecule has 2 N–H and O–H groups in total. The summed E-state index contributed by atoms with van der Waals surface area (Å²) in [6, 6.07) is 7.88. The highest BCUT2D eigenvalue weighted by Gasteiger charge is 2.31. The second-order valence-corrected chi connectivity index (χ2v) is 8.91. The van der Waals surface area contributed by atoms with Crippen molar-refractivity contribution in [2.24, 2.45) is 0 Å². The quantitative estimate of drug-likeness (QED) is 0.554. The lowest BCUT2D eigenvalue weighted by molar-refractivity contribution is -0.127. The van der Waals surface area contributed by atoms with E-state index in [9.17, 15) is 14.7 Å². The van der Waals surface area contributed by atoms with Crippen molar-refractivity contribution >= 4 is 23.8 Å². The van der Waals surface area contributed by atoms with Crippen LogP contribution in [0.3, 0.4) is 0 Å². The standard InChI is InChI=1S/C25H32N6O4/c1-4-22(33)30-11-9-29(10-12-30)14-19-5-7-20(8-6-19)18(3)27-24-26-13-21-16-35-25(34)31(17(2)15-32)23(21)28-24/h4-8,13,17-18,32H,1,9-12,14-16H2,2-3H3,(H,26,27,28). The van der Waals surface area contributed by atoms with Crippen molar-refractivity contribution in [1.82, 2.24) is 19.8 Å². The number of aromatic nitrogens is 2. The summed E-state index contributed by atoms with van der Waals surface area (Å²) in [6.45, 7) is 11.2. The fourth-order valence-corrected chi connectivity index (χ4v) is 4.25. The van der Waals surface area contributed by atoms with Crippen LogP contribution in [-0.2, 0) is 22.7 Å². The molecule has 0 spiro atoms. The van der Waals surface area contributed by atoms with Gasteiger partial charge in [-0.3, -0.25) is 14.6 Å². The van der Waals surface area contributed by atoms with Gasteiger partial charge >= 0.3 is 6.09 Å². The molecule has 2 atom stereocenters. The number of nitrogens with zero attached hydrogens (tertiary/aromatic N) is 5. The van der Waals surface area contributed by atoms with Crippen LogP contribution in [0.1, 0.15) is 36.6 Å². The summed E-state index contributed by atoms with van der Waals surface area (Å²) in [5, 5.41) is 12.8. The second kappa shape index (κ2) is 10.8. The molecule has 1 fully saturated rings. The summed E-state index contributed by atoms with van der Waals surface area (Å²) >= 11 is 0. The van der Waals surface area contributed by atoms with Gasteiger partial charge in [0.1, 0.15) is 6.61 Å². The van der Waals surface area contributed by atoms with Crippen molar-refractivity contribution in [1.29, 1.82) is 0 Å². The monoisotopic (exact) mass is 480 g/mol. The number of benzene rings is 1. The molecule has 2 aliphatic rings. The number of fused-ring (bicyclic) bond motifs is 1. The average Bonchev–Trinajstić information content (AvgIpc) is 2.88. The highest BCUT2D eigenvalue weighted by atomic mass is 16.6. The number of hydrogen-bond acceptors (Lipinski definition) is 8. The molecular weight excluding hydrogens is 448 g/mol. The molecular formula is C25H32N6O4. The van der Waals surface area contributed by atoms with Crippen LogP contribution < -0.4 is 10.2 Å². The van der Waals surface area contributed by atoms with Crippen molar-refractivity contribution in [2.75, 3.05) is 43.0 Å². The van der Waals surface area contributed by atoms with Crippen LogP contribution in [0.5, 0.6) is 0 Å². The minimum absolute atomic E-state index is 0.00561. The van der Waals surface area contributed by atoms with Crippen LogP contribution >= 0.6 is 0 Å². The Balaban J connectivity index is 1.37. The zero-order valence-corrected chi connectivity index (χ0v) is 20.2. The van der Waals surface area contributed by atoms with Crippen LogP contribution in [0.4, 0.5) is 16.6 Å². The van der Waals surface area contributed by atoms with E-state index >= 15 is 0 Å². The first-order chi connectivity index (χ1) is 16.9. The molecule has 0 aliphatic carbocycles. The van der Waals surface area contributed by atoms with E-state index in [1.807, 2.05) is 11.8 Å². The summed E-state index contributed by atoms with van der Waals surface area (Å²) in [5.74, 6) is 0.851. The molecule has 3 heterocycles. The van der Waals surface area contributed by atoms with E-state index in [1.165, 1.54) is 16.5 Å². The molecule has 186 valence electrons. The van der Waals surface area contributed by atoms with Gasteiger partial charge in [-0.15, -0.1) is 0 Å². The third kappa shape index (κ3) is 5.60. The van der Waals surface area contributed by atoms with Crippen LogP contribution in [0.15, 0.2) is 43.1 Å². The minimum Gasteiger partial charge on any atom is -0.444 e. The first-order valence-electron chi connectivity index (χ1n) is 11.8. The van der Waals surface area contributed by atoms with Crippen molar-refractivity contribution in [3.63, 3.8) is 0 Å². The molecule has 4 rings (SSSR count). The van der Waals surface area contributed by atoms with Crippen molar-refractivity contribution in [3.05, 3.63) is 59.8 Å². The van der Waals surface area contributed by atoms with Gasteiger partial charge in [0.05, 0.1) is 24.3 Å². The summed E-state index contributed by atoms with van der Waals surface area (Å²) in [4.78, 5) is 38.4. The molecule has 0 saturated carbocycles. The average molecular weight is 481 g/mol. The molecule has 0 radical (unpaired) electrons. The van der Waals surface area contributed by atoms with Gasteiger partial charge < -0.3 is 20.1 Å². The Hall–Kier alpha value is -3.50. The van der Waals surface area contributed by atoms with Crippen LogP contribution in [0, 0.1) is 0 Å². The third-order valence-corrected chi connectivity index (χ3v) is 6.41. The topological polar surface area (TPSA) is 111 Å². The number of piperazine rings is 1. The number of amides is 2. The number of cyclic esters (lactones) is 1. The van der Waals surface area contributed by atoms with E-state index in [2.05, 4.69) is 51.0 Å². The lowest BCUT2D eigenvalue weighted by Gasteiger charge is -2.34. The maximum Gasteiger partial charge on any atom is 0.416 e. The highest BCUT2D eigenvalue weighted by molar-refractivity contribution is 5.89. The predicted molar refractivity (Wildman–Crippen MR) is 132 cm³/mol. The first-order valence-corrected chi connectivity index (χ1v) is 11.8. The predicted octanol–water partition coefficient (Wildman–Crippen LogP) is 2.32. The fraction of sp³-hybridized carbons (Fsp3) is 0.440. The van der Waals surface area contributed by atoms with Gasteiger partial charge in [0.2, 0.25) is 11.9 Å². The van der Waals surface area contributed by atoms with Crippen molar-refractivity contribution < 1.29 is 19.4 Å². The van der Waals surface area contributed by atoms with E-state index in [0.29, 0.717) is 17.3 Å². The molecule has 2 amide bonds. The number of aliphatic hydroxyl groups excluding tert-OH is 1. The summed E-state index contributed by atoms with van der Waals surface area (Å²) in [7, 11) is 0. The zero-order chi connectivity index (χ0) is 24.9. The SMILES string of the molecule is C=CC(=O)N1CCN(Cc2ccc(C(C)Nc3ncc4c(n3)N(C(C)CO)C(=O)OC4)cc2)CC1. The van der Waals surface area contributed by atoms with Gasteiger partial charge in [-0.1, -0.05) is 30.8 Å². The zero-order valence-electron chi connectivity index (χ0n) is 20.2. The number of hydrogen-bond donors (Lipinski definition) is 2. The van der Waals surface area contributed by atoms with E-state index in [1.54, 1.807) is 13.1 Å². The first kappa shape index (κ1) is 24.6. The molecule has 2 aliphatic heterocycles. The van der Waals surface area contributed by atoms with Gasteiger partial charge in [0, 0.05) is 38.9 Å². The van der Waals surface area contributed by atoms with Crippen molar-refractivity contribution in [2.45, 2.75) is 39.1 Å². The van der Waals surface area contributed by atoms with E-state index in [0.717, 1.165) is 38.3 Å². The summed E-state index contributed by atoms with van der Waals surface area (Å²) < 4.78 is 5.17. The fourth-order valence-electron chi connectivity index (χ4n) is 4.25. The Bertz CT molecular complexity index is 1070. The van der Waals surface area contributed by atoms with E-state index < -0.39 is 12.1 Å². The third-order valence-electron chi connectivity index (χ3n) is 6.41. The molecule has 1 saturated heterocycles. The van der Waals surface area contributed by atoms with Crippen LogP contribution in [0.25, 0.3) is 0 Å². The van der Waals surface area contributed by atoms with Crippen LogP contribution in [-0.4, -0.2) is 75.7 Å². The van der Waals surface area contributed by atoms with Gasteiger partial charge in [-0.05, 0) is 31.1 Å². The maximum atomic E-state index is 12.2. The molecule has 1 aromatic heterocycles. The van der Waals surface area contributed by atoms with Crippen LogP contribution in [0.2, 0.25) is 0 Å². The molecule has 1 aromatic carbocycles. The van der Waals surface area contributed by atoms with Gasteiger partial charge in [0.25, 0.3) is 0 Å². The highest BCUT2D eigenvalue weighted by Crippen LogP contribution is 2.28.